The summed E-state index contributed by atoms with van der Waals surface area (Å²) in [6.07, 6.45) is 4.43. The molecule has 29 heavy (non-hydrogen) atoms. The van der Waals surface area contributed by atoms with Gasteiger partial charge in [0.25, 0.3) is 10.1 Å². The molecule has 0 aliphatic carbocycles. The summed E-state index contributed by atoms with van der Waals surface area (Å²) in [6.45, 7) is 5.09. The van der Waals surface area contributed by atoms with Crippen molar-refractivity contribution in [1.29, 1.82) is 0 Å². The van der Waals surface area contributed by atoms with Gasteiger partial charge in [0.05, 0.1) is 11.5 Å². The third-order valence-corrected chi connectivity index (χ3v) is 6.96. The van der Waals surface area contributed by atoms with Crippen LogP contribution in [0.3, 0.4) is 0 Å². The number of likely N-dealkylation sites (tertiary alicyclic amines) is 1. The first-order valence-electron chi connectivity index (χ1n) is 10.4. The molecule has 0 N–H and O–H groups in total. The molecule has 4 nitrogen and oxygen atoms in total. The van der Waals surface area contributed by atoms with Gasteiger partial charge in [0.1, 0.15) is 5.82 Å². The number of rotatable bonds is 9. The minimum Gasteiger partial charge on any atom is -0.303 e. The number of halogens is 1. The molecule has 1 saturated heterocycles. The molecule has 2 aromatic carbocycles. The van der Waals surface area contributed by atoms with Crippen LogP contribution in [0, 0.1) is 11.7 Å². The quantitative estimate of drug-likeness (QED) is 0.432. The summed E-state index contributed by atoms with van der Waals surface area (Å²) >= 11 is 0. The molecule has 0 saturated carbocycles. The third kappa shape index (κ3) is 6.11. The van der Waals surface area contributed by atoms with Gasteiger partial charge in [-0.15, -0.1) is 0 Å². The molecule has 0 aromatic heterocycles. The number of hydrogen-bond acceptors (Lipinski definition) is 4. The van der Waals surface area contributed by atoms with Gasteiger partial charge in [-0.25, -0.2) is 4.39 Å². The second-order valence-corrected chi connectivity index (χ2v) is 9.38. The Bertz CT molecular complexity index is 855. The number of benzene rings is 2. The molecule has 0 radical (unpaired) electrons. The molecule has 6 heteroatoms. The van der Waals surface area contributed by atoms with Crippen molar-refractivity contribution in [3.8, 4) is 0 Å². The average Bonchev–Trinajstić information content (AvgIpc) is 2.74. The third-order valence-electron chi connectivity index (χ3n) is 5.66. The Hall–Kier alpha value is -1.76. The van der Waals surface area contributed by atoms with Crippen molar-refractivity contribution in [2.24, 2.45) is 5.92 Å². The average molecular weight is 420 g/mol. The monoisotopic (exact) mass is 419 g/mol. The molecule has 1 heterocycles. The molecule has 2 aromatic rings. The van der Waals surface area contributed by atoms with Gasteiger partial charge >= 0.3 is 0 Å². The van der Waals surface area contributed by atoms with Crippen LogP contribution >= 0.6 is 0 Å². The lowest BCUT2D eigenvalue weighted by Gasteiger charge is -2.38. The van der Waals surface area contributed by atoms with Crippen LogP contribution in [0.2, 0.25) is 0 Å². The van der Waals surface area contributed by atoms with Crippen molar-refractivity contribution >= 4 is 10.1 Å². The molecule has 2 atom stereocenters. The molecule has 0 unspecified atom stereocenters. The predicted octanol–water partition coefficient (Wildman–Crippen LogP) is 4.83. The first-order valence-corrected chi connectivity index (χ1v) is 11.8. The summed E-state index contributed by atoms with van der Waals surface area (Å²) in [5.41, 5.74) is 1.05. The lowest BCUT2D eigenvalue weighted by Crippen LogP contribution is -2.42. The topological polar surface area (TPSA) is 46.6 Å². The van der Waals surface area contributed by atoms with E-state index in [9.17, 15) is 12.8 Å². The van der Waals surface area contributed by atoms with E-state index in [1.54, 1.807) is 30.3 Å². The fourth-order valence-corrected chi connectivity index (χ4v) is 5.03. The highest BCUT2D eigenvalue weighted by atomic mass is 32.2. The molecule has 1 aliphatic heterocycles. The Balaban J connectivity index is 1.72. The maximum Gasteiger partial charge on any atom is 0.296 e. The molecule has 0 spiro atoms. The highest BCUT2D eigenvalue weighted by Crippen LogP contribution is 2.34. The van der Waals surface area contributed by atoms with E-state index in [4.69, 9.17) is 4.18 Å². The fraction of sp³-hybridized carbons (Fsp3) is 0.478. The van der Waals surface area contributed by atoms with Crippen LogP contribution in [0.25, 0.3) is 0 Å². The predicted molar refractivity (Wildman–Crippen MR) is 113 cm³/mol. The van der Waals surface area contributed by atoms with Gasteiger partial charge < -0.3 is 4.90 Å². The highest BCUT2D eigenvalue weighted by molar-refractivity contribution is 7.86. The zero-order valence-electron chi connectivity index (χ0n) is 17.0. The Labute approximate surface area is 173 Å². The molecule has 0 amide bonds. The SMILES string of the molecule is CCCCCN1CC[C@@H](c2ccc(F)cc2)[C@H](COS(=O)(=O)c2ccccc2)C1. The van der Waals surface area contributed by atoms with E-state index in [-0.39, 0.29) is 29.2 Å². The van der Waals surface area contributed by atoms with Gasteiger partial charge in [-0.2, -0.15) is 8.42 Å². The second-order valence-electron chi connectivity index (χ2n) is 7.77. The van der Waals surface area contributed by atoms with Crippen LogP contribution in [0.5, 0.6) is 0 Å². The molecular weight excluding hydrogens is 389 g/mol. The standard InChI is InChI=1S/C23H30FNO3S/c1-2-3-7-15-25-16-14-23(19-10-12-21(24)13-11-19)20(17-25)18-28-29(26,27)22-8-5-4-6-9-22/h4-6,8-13,20,23H,2-3,7,14-18H2,1H3/t20-,23-/m0/s1. The van der Waals surface area contributed by atoms with Crippen LogP contribution in [0.1, 0.15) is 44.1 Å². The van der Waals surface area contributed by atoms with Crippen molar-refractivity contribution in [2.75, 3.05) is 26.2 Å². The van der Waals surface area contributed by atoms with E-state index < -0.39 is 10.1 Å². The molecular formula is C23H30FNO3S. The number of piperidine rings is 1. The number of nitrogens with zero attached hydrogens (tertiary/aromatic N) is 1. The van der Waals surface area contributed by atoms with E-state index in [2.05, 4.69) is 11.8 Å². The Morgan fingerprint density at radius 2 is 1.79 bits per heavy atom. The normalized spacial score (nSPS) is 20.6. The maximum atomic E-state index is 13.4. The maximum absolute atomic E-state index is 13.4. The van der Waals surface area contributed by atoms with Gasteiger partial charge in [0, 0.05) is 12.5 Å². The smallest absolute Gasteiger partial charge is 0.296 e. The summed E-state index contributed by atoms with van der Waals surface area (Å²) in [5, 5.41) is 0. The van der Waals surface area contributed by atoms with E-state index in [1.807, 2.05) is 12.1 Å². The minimum absolute atomic E-state index is 0.0364. The summed E-state index contributed by atoms with van der Waals surface area (Å²) in [7, 11) is -3.79. The fourth-order valence-electron chi connectivity index (χ4n) is 4.05. The molecule has 3 rings (SSSR count). The van der Waals surface area contributed by atoms with Crippen LogP contribution < -0.4 is 0 Å². The van der Waals surface area contributed by atoms with Gasteiger partial charge in [-0.1, -0.05) is 50.1 Å². The Kier molecular flexibility index (Phi) is 7.81. The first-order chi connectivity index (χ1) is 14.0. The first kappa shape index (κ1) is 21.9. The van der Waals surface area contributed by atoms with Crippen LogP contribution in [0.4, 0.5) is 4.39 Å². The van der Waals surface area contributed by atoms with Crippen molar-refractivity contribution in [2.45, 2.75) is 43.4 Å². The Morgan fingerprint density at radius 3 is 2.48 bits per heavy atom. The van der Waals surface area contributed by atoms with Crippen LogP contribution in [-0.2, 0) is 14.3 Å². The van der Waals surface area contributed by atoms with E-state index >= 15 is 0 Å². The van der Waals surface area contributed by atoms with Crippen molar-refractivity contribution in [1.82, 2.24) is 4.90 Å². The van der Waals surface area contributed by atoms with E-state index in [0.29, 0.717) is 0 Å². The van der Waals surface area contributed by atoms with E-state index in [0.717, 1.165) is 38.0 Å². The molecule has 0 bridgehead atoms. The zero-order chi connectivity index (χ0) is 20.7. The van der Waals surface area contributed by atoms with Crippen molar-refractivity contribution in [3.05, 3.63) is 66.0 Å². The zero-order valence-corrected chi connectivity index (χ0v) is 17.8. The largest absolute Gasteiger partial charge is 0.303 e. The van der Waals surface area contributed by atoms with Gasteiger partial charge in [0.2, 0.25) is 0 Å². The lowest BCUT2D eigenvalue weighted by molar-refractivity contribution is 0.112. The number of hydrogen-bond donors (Lipinski definition) is 0. The lowest BCUT2D eigenvalue weighted by atomic mass is 9.81. The van der Waals surface area contributed by atoms with Crippen molar-refractivity contribution < 1.29 is 17.0 Å². The van der Waals surface area contributed by atoms with Gasteiger partial charge in [-0.3, -0.25) is 4.18 Å². The minimum atomic E-state index is -3.79. The van der Waals surface area contributed by atoms with Crippen molar-refractivity contribution in [3.63, 3.8) is 0 Å². The van der Waals surface area contributed by atoms with Crippen LogP contribution in [0.15, 0.2) is 59.5 Å². The molecule has 1 aliphatic rings. The number of unbranched alkanes of at least 4 members (excludes halogenated alkanes) is 2. The van der Waals surface area contributed by atoms with Crippen LogP contribution in [-0.4, -0.2) is 39.6 Å². The van der Waals surface area contributed by atoms with Gasteiger partial charge in [-0.05, 0) is 61.7 Å². The van der Waals surface area contributed by atoms with E-state index in [1.165, 1.54) is 25.0 Å². The summed E-state index contributed by atoms with van der Waals surface area (Å²) in [5.74, 6) is -0.0662. The molecule has 1 fully saturated rings. The summed E-state index contributed by atoms with van der Waals surface area (Å²) < 4.78 is 44.0. The van der Waals surface area contributed by atoms with Gasteiger partial charge in [0.15, 0.2) is 0 Å². The summed E-state index contributed by atoms with van der Waals surface area (Å²) in [4.78, 5) is 2.58. The Morgan fingerprint density at radius 1 is 1.07 bits per heavy atom. The second kappa shape index (κ2) is 10.3. The highest BCUT2D eigenvalue weighted by Gasteiger charge is 2.32. The summed E-state index contributed by atoms with van der Waals surface area (Å²) in [6, 6.07) is 14.8. The molecule has 158 valence electrons.